The lowest BCUT2D eigenvalue weighted by molar-refractivity contribution is 0.0586. The van der Waals surface area contributed by atoms with Crippen LogP contribution in [0.4, 0.5) is 4.39 Å². The lowest BCUT2D eigenvalue weighted by Crippen LogP contribution is -2.11. The van der Waals surface area contributed by atoms with Crippen molar-refractivity contribution in [1.29, 1.82) is 0 Å². The van der Waals surface area contributed by atoms with Crippen LogP contribution in [0.1, 0.15) is 59.3 Å². The lowest BCUT2D eigenvalue weighted by atomic mass is 9.87. The molecule has 0 unspecified atom stereocenters. The van der Waals surface area contributed by atoms with Gasteiger partial charge in [-0.2, -0.15) is 0 Å². The molecule has 0 spiro atoms. The van der Waals surface area contributed by atoms with Crippen molar-refractivity contribution in [2.45, 2.75) is 45.6 Å². The molecule has 0 fully saturated rings. The molecular formula is C24H24FN3O3. The fourth-order valence-corrected chi connectivity index (χ4v) is 4.18. The van der Waals surface area contributed by atoms with Crippen molar-refractivity contribution in [3.63, 3.8) is 0 Å². The summed E-state index contributed by atoms with van der Waals surface area (Å²) in [5, 5.41) is 10.3. The SMILES string of the molecule is COC(=O)c1ncc2c(n1)CCCc1c-2nc(C(C)C)c(CO)c1-c1ccc(F)cc1. The number of hydrogen-bond acceptors (Lipinski definition) is 6. The summed E-state index contributed by atoms with van der Waals surface area (Å²) < 4.78 is 18.4. The molecule has 2 heterocycles. The largest absolute Gasteiger partial charge is 0.463 e. The highest BCUT2D eigenvalue weighted by molar-refractivity contribution is 5.86. The monoisotopic (exact) mass is 421 g/mol. The van der Waals surface area contributed by atoms with Gasteiger partial charge in [0.05, 0.1) is 25.1 Å². The number of methoxy groups -OCH3 is 1. The van der Waals surface area contributed by atoms with Crippen LogP contribution in [0.25, 0.3) is 22.4 Å². The number of halogens is 1. The summed E-state index contributed by atoms with van der Waals surface area (Å²) in [7, 11) is 1.30. The molecule has 2 aromatic heterocycles. The third kappa shape index (κ3) is 3.81. The average Bonchev–Trinajstić information content (AvgIpc) is 2.96. The number of pyridine rings is 1. The van der Waals surface area contributed by atoms with Crippen LogP contribution in [0.3, 0.4) is 0 Å². The molecule has 6 nitrogen and oxygen atoms in total. The summed E-state index contributed by atoms with van der Waals surface area (Å²) in [6.45, 7) is 3.89. The van der Waals surface area contributed by atoms with E-state index in [2.05, 4.69) is 9.97 Å². The lowest BCUT2D eigenvalue weighted by Gasteiger charge is -2.22. The number of aromatic nitrogens is 3. The van der Waals surface area contributed by atoms with E-state index in [9.17, 15) is 14.3 Å². The molecule has 1 aromatic carbocycles. The number of carbonyl (C=O) groups is 1. The van der Waals surface area contributed by atoms with Gasteiger partial charge >= 0.3 is 5.97 Å². The zero-order valence-corrected chi connectivity index (χ0v) is 17.8. The fraction of sp³-hybridized carbons (Fsp3) is 0.333. The highest BCUT2D eigenvalue weighted by Crippen LogP contribution is 2.40. The van der Waals surface area contributed by atoms with Gasteiger partial charge in [0.2, 0.25) is 5.82 Å². The molecule has 0 amide bonds. The topological polar surface area (TPSA) is 85.2 Å². The number of aliphatic hydroxyl groups excluding tert-OH is 1. The second-order valence-corrected chi connectivity index (χ2v) is 7.90. The van der Waals surface area contributed by atoms with Gasteiger partial charge in [-0.15, -0.1) is 0 Å². The number of rotatable bonds is 4. The average molecular weight is 421 g/mol. The zero-order chi connectivity index (χ0) is 22.1. The molecule has 0 aliphatic heterocycles. The Hall–Kier alpha value is -3.19. The molecule has 7 heteroatoms. The first-order valence-electron chi connectivity index (χ1n) is 10.3. The fourth-order valence-electron chi connectivity index (χ4n) is 4.18. The normalized spacial score (nSPS) is 12.8. The maximum absolute atomic E-state index is 13.6. The highest BCUT2D eigenvalue weighted by Gasteiger charge is 2.27. The maximum atomic E-state index is 13.6. The molecule has 0 radical (unpaired) electrons. The van der Waals surface area contributed by atoms with E-state index < -0.39 is 5.97 Å². The van der Waals surface area contributed by atoms with E-state index in [0.29, 0.717) is 12.8 Å². The molecule has 0 bridgehead atoms. The number of hydrogen-bond donors (Lipinski definition) is 1. The van der Waals surface area contributed by atoms with Crippen LogP contribution < -0.4 is 0 Å². The standard InChI is InChI=1S/C24H24FN3O3/c1-13(2)21-18(12-29)20(14-7-9-15(25)10-8-14)16-5-4-6-19-17(22(16)28-21)11-26-23(27-19)24(30)31-3/h7-11,13,29H,4-6,12H2,1-3H3. The molecule has 1 N–H and O–H groups in total. The van der Waals surface area contributed by atoms with Crippen LogP contribution in [0.5, 0.6) is 0 Å². The predicted molar refractivity (Wildman–Crippen MR) is 114 cm³/mol. The van der Waals surface area contributed by atoms with Crippen LogP contribution in [-0.2, 0) is 24.2 Å². The van der Waals surface area contributed by atoms with Crippen molar-refractivity contribution < 1.29 is 19.0 Å². The molecule has 1 aliphatic carbocycles. The minimum Gasteiger partial charge on any atom is -0.463 e. The first-order valence-corrected chi connectivity index (χ1v) is 10.3. The highest BCUT2D eigenvalue weighted by atomic mass is 19.1. The Labute approximate surface area is 180 Å². The van der Waals surface area contributed by atoms with Crippen molar-refractivity contribution in [1.82, 2.24) is 15.0 Å². The first-order chi connectivity index (χ1) is 14.9. The Kier molecular flexibility index (Phi) is 5.78. The van der Waals surface area contributed by atoms with Crippen LogP contribution in [0, 0.1) is 5.82 Å². The Morgan fingerprint density at radius 2 is 1.94 bits per heavy atom. The molecular weight excluding hydrogens is 397 g/mol. The number of esters is 1. The first kappa shape index (κ1) is 21.1. The van der Waals surface area contributed by atoms with Crippen LogP contribution in [-0.4, -0.2) is 33.1 Å². The van der Waals surface area contributed by atoms with E-state index in [1.807, 2.05) is 13.8 Å². The van der Waals surface area contributed by atoms with Gasteiger partial charge in [-0.25, -0.2) is 19.2 Å². The number of nitrogens with zero attached hydrogens (tertiary/aromatic N) is 3. The minimum absolute atomic E-state index is 0.0273. The number of ether oxygens (including phenoxy) is 1. The number of aryl methyl sites for hydroxylation is 1. The second kappa shape index (κ2) is 8.51. The Morgan fingerprint density at radius 3 is 2.58 bits per heavy atom. The van der Waals surface area contributed by atoms with Crippen LogP contribution >= 0.6 is 0 Å². The van der Waals surface area contributed by atoms with E-state index in [1.54, 1.807) is 18.3 Å². The number of fused-ring (bicyclic) bond motifs is 3. The molecule has 4 rings (SSSR count). The van der Waals surface area contributed by atoms with Crippen molar-refractivity contribution in [3.8, 4) is 22.4 Å². The van der Waals surface area contributed by atoms with Crippen LogP contribution in [0.15, 0.2) is 30.5 Å². The number of aliphatic hydroxyl groups is 1. The van der Waals surface area contributed by atoms with Crippen molar-refractivity contribution in [2.24, 2.45) is 0 Å². The molecule has 3 aromatic rings. The summed E-state index contributed by atoms with van der Waals surface area (Å²) in [6, 6.07) is 6.32. The van der Waals surface area contributed by atoms with Gasteiger partial charge in [0.15, 0.2) is 0 Å². The van der Waals surface area contributed by atoms with Gasteiger partial charge < -0.3 is 9.84 Å². The third-order valence-corrected chi connectivity index (χ3v) is 5.60. The van der Waals surface area contributed by atoms with E-state index in [0.717, 1.165) is 51.3 Å². The Bertz CT molecular complexity index is 1140. The van der Waals surface area contributed by atoms with Gasteiger partial charge in [0.1, 0.15) is 5.82 Å². The molecule has 0 atom stereocenters. The maximum Gasteiger partial charge on any atom is 0.376 e. The van der Waals surface area contributed by atoms with Gasteiger partial charge in [0.25, 0.3) is 0 Å². The zero-order valence-electron chi connectivity index (χ0n) is 17.8. The van der Waals surface area contributed by atoms with Crippen molar-refractivity contribution in [2.75, 3.05) is 7.11 Å². The smallest absolute Gasteiger partial charge is 0.376 e. The number of carbonyl (C=O) groups excluding carboxylic acids is 1. The van der Waals surface area contributed by atoms with E-state index >= 15 is 0 Å². The van der Waals surface area contributed by atoms with Crippen molar-refractivity contribution >= 4 is 5.97 Å². The predicted octanol–water partition coefficient (Wildman–Crippen LogP) is 4.24. The summed E-state index contributed by atoms with van der Waals surface area (Å²) >= 11 is 0. The summed E-state index contributed by atoms with van der Waals surface area (Å²) in [5.74, 6) is -0.800. The Balaban J connectivity index is 2.02. The summed E-state index contributed by atoms with van der Waals surface area (Å²) in [4.78, 5) is 25.5. The quantitative estimate of drug-likeness (QED) is 0.635. The molecule has 0 saturated carbocycles. The molecule has 0 saturated heterocycles. The summed E-state index contributed by atoms with van der Waals surface area (Å²) in [5.41, 5.74) is 6.52. The molecule has 31 heavy (non-hydrogen) atoms. The second-order valence-electron chi connectivity index (χ2n) is 7.90. The number of benzene rings is 1. The van der Waals surface area contributed by atoms with Crippen molar-refractivity contribution in [3.05, 3.63) is 64.6 Å². The minimum atomic E-state index is -0.578. The van der Waals surface area contributed by atoms with E-state index in [1.165, 1.54) is 19.2 Å². The van der Waals surface area contributed by atoms with E-state index in [4.69, 9.17) is 9.72 Å². The van der Waals surface area contributed by atoms with Gasteiger partial charge in [-0.1, -0.05) is 26.0 Å². The van der Waals surface area contributed by atoms with Gasteiger partial charge in [-0.3, -0.25) is 4.98 Å². The molecule has 1 aliphatic rings. The van der Waals surface area contributed by atoms with Crippen LogP contribution in [0.2, 0.25) is 0 Å². The third-order valence-electron chi connectivity index (χ3n) is 5.60. The van der Waals surface area contributed by atoms with Gasteiger partial charge in [-0.05, 0) is 54.0 Å². The Morgan fingerprint density at radius 1 is 1.19 bits per heavy atom. The summed E-state index contributed by atoms with van der Waals surface area (Å²) in [6.07, 6.45) is 3.79. The van der Waals surface area contributed by atoms with Gasteiger partial charge in [0, 0.05) is 23.0 Å². The molecule has 160 valence electrons. The van der Waals surface area contributed by atoms with E-state index in [-0.39, 0.29) is 24.2 Å².